The Labute approximate surface area is 85.1 Å². The summed E-state index contributed by atoms with van der Waals surface area (Å²) in [4.78, 5) is 11.0. The van der Waals surface area contributed by atoms with Crippen LogP contribution in [-0.4, -0.2) is 21.1 Å². The first-order chi connectivity index (χ1) is 5.78. The van der Waals surface area contributed by atoms with Crippen LogP contribution < -0.4 is 0 Å². The molecule has 3 heteroatoms. The molecule has 0 aliphatic rings. The summed E-state index contributed by atoms with van der Waals surface area (Å²) in [5.41, 5.74) is 0. The van der Waals surface area contributed by atoms with E-state index in [4.69, 9.17) is 5.11 Å². The van der Waals surface area contributed by atoms with Crippen LogP contribution in [0.2, 0.25) is 0 Å². The van der Waals surface area contributed by atoms with E-state index in [1.54, 1.807) is 11.8 Å². The van der Waals surface area contributed by atoms with Gasteiger partial charge >= 0.3 is 5.97 Å². The van der Waals surface area contributed by atoms with Gasteiger partial charge in [-0.2, -0.15) is 0 Å². The Kier molecular flexibility index (Phi) is 4.82. The quantitative estimate of drug-likeness (QED) is 0.765. The summed E-state index contributed by atoms with van der Waals surface area (Å²) >= 11 is 1.54. The van der Waals surface area contributed by atoms with Crippen molar-refractivity contribution in [1.82, 2.24) is 0 Å². The highest BCUT2D eigenvalue weighted by Crippen LogP contribution is 2.33. The van der Waals surface area contributed by atoms with Crippen molar-refractivity contribution in [3.8, 4) is 0 Å². The third kappa shape index (κ3) is 5.19. The van der Waals surface area contributed by atoms with Gasteiger partial charge in [-0.05, 0) is 5.92 Å². The van der Waals surface area contributed by atoms with Crippen molar-refractivity contribution in [3.05, 3.63) is 0 Å². The molecule has 0 amide bonds. The molecule has 0 rings (SSSR count). The maximum absolute atomic E-state index is 11.0. The lowest BCUT2D eigenvalue weighted by Crippen LogP contribution is -2.28. The molecule has 0 bridgehead atoms. The van der Waals surface area contributed by atoms with Crippen LogP contribution in [0.25, 0.3) is 0 Å². The number of carboxylic acids is 1. The van der Waals surface area contributed by atoms with Crippen molar-refractivity contribution in [2.75, 3.05) is 0 Å². The number of hydrogen-bond acceptors (Lipinski definition) is 2. The highest BCUT2D eigenvalue weighted by molar-refractivity contribution is 8.01. The molecule has 0 spiro atoms. The second kappa shape index (κ2) is 4.89. The normalized spacial score (nSPS) is 16.7. The van der Waals surface area contributed by atoms with E-state index in [1.165, 1.54) is 0 Å². The second-order valence-corrected chi connectivity index (χ2v) is 6.34. The van der Waals surface area contributed by atoms with E-state index in [0.717, 1.165) is 6.42 Å². The highest BCUT2D eigenvalue weighted by Gasteiger charge is 2.28. The Morgan fingerprint density at radius 3 is 2.15 bits per heavy atom. The van der Waals surface area contributed by atoms with Gasteiger partial charge in [0, 0.05) is 4.75 Å². The molecule has 0 aromatic carbocycles. The van der Waals surface area contributed by atoms with Gasteiger partial charge in [0.05, 0.1) is 0 Å². The topological polar surface area (TPSA) is 37.3 Å². The van der Waals surface area contributed by atoms with Crippen LogP contribution >= 0.6 is 11.8 Å². The van der Waals surface area contributed by atoms with Gasteiger partial charge in [0.2, 0.25) is 0 Å². The van der Waals surface area contributed by atoms with E-state index < -0.39 is 5.97 Å². The lowest BCUT2D eigenvalue weighted by molar-refractivity contribution is -0.137. The first-order valence-electron chi connectivity index (χ1n) is 4.68. The number of thioether (sulfide) groups is 1. The lowest BCUT2D eigenvalue weighted by atomic mass is 10.1. The monoisotopic (exact) mass is 204 g/mol. The summed E-state index contributed by atoms with van der Waals surface area (Å²) < 4.78 is 0.0203. The van der Waals surface area contributed by atoms with Crippen LogP contribution in [0.1, 0.15) is 41.0 Å². The third-order valence-corrected chi connectivity index (χ3v) is 3.51. The third-order valence-electron chi connectivity index (χ3n) is 1.88. The van der Waals surface area contributed by atoms with E-state index in [0.29, 0.717) is 0 Å². The molecule has 0 saturated heterocycles. The van der Waals surface area contributed by atoms with Crippen LogP contribution in [0, 0.1) is 5.92 Å². The average molecular weight is 204 g/mol. The summed E-state index contributed by atoms with van der Waals surface area (Å²) in [6.07, 6.45) is 0.917. The Morgan fingerprint density at radius 2 is 1.92 bits per heavy atom. The molecule has 2 nitrogen and oxygen atoms in total. The minimum atomic E-state index is -0.686. The SMILES string of the molecule is CCC(C)[C@H](SC(C)(C)C)C(=O)O. The number of carboxylic acid groups (broad SMARTS) is 1. The minimum absolute atomic E-state index is 0.0203. The molecular formula is C10H20O2S. The molecule has 0 saturated carbocycles. The maximum Gasteiger partial charge on any atom is 0.316 e. The molecule has 2 atom stereocenters. The Balaban J connectivity index is 4.36. The molecule has 0 radical (unpaired) electrons. The van der Waals surface area contributed by atoms with Crippen LogP contribution in [0.4, 0.5) is 0 Å². The predicted molar refractivity (Wildman–Crippen MR) is 58.2 cm³/mol. The van der Waals surface area contributed by atoms with Gasteiger partial charge in [-0.3, -0.25) is 4.79 Å². The smallest absolute Gasteiger partial charge is 0.316 e. The fourth-order valence-electron chi connectivity index (χ4n) is 1.00. The van der Waals surface area contributed by atoms with E-state index in [1.807, 2.05) is 13.8 Å². The molecule has 1 unspecified atom stereocenters. The Morgan fingerprint density at radius 1 is 1.46 bits per heavy atom. The summed E-state index contributed by atoms with van der Waals surface area (Å²) in [5, 5.41) is 8.74. The number of hydrogen-bond donors (Lipinski definition) is 1. The van der Waals surface area contributed by atoms with Gasteiger partial charge in [0.1, 0.15) is 5.25 Å². The largest absolute Gasteiger partial charge is 0.480 e. The van der Waals surface area contributed by atoms with Gasteiger partial charge in [0.25, 0.3) is 0 Å². The average Bonchev–Trinajstić information content (AvgIpc) is 1.96. The zero-order valence-electron chi connectivity index (χ0n) is 9.13. The van der Waals surface area contributed by atoms with Crippen LogP contribution in [-0.2, 0) is 4.79 Å². The molecule has 0 heterocycles. The van der Waals surface area contributed by atoms with Gasteiger partial charge in [-0.25, -0.2) is 0 Å². The Bertz CT molecular complexity index is 172. The van der Waals surface area contributed by atoms with Gasteiger partial charge in [-0.1, -0.05) is 41.0 Å². The van der Waals surface area contributed by atoms with Gasteiger partial charge in [-0.15, -0.1) is 11.8 Å². The Hall–Kier alpha value is -0.180. The fraction of sp³-hybridized carbons (Fsp3) is 0.900. The summed E-state index contributed by atoms with van der Waals surface area (Å²) in [6, 6.07) is 0. The molecule has 0 aliphatic carbocycles. The van der Waals surface area contributed by atoms with Crippen molar-refractivity contribution < 1.29 is 9.90 Å². The van der Waals surface area contributed by atoms with Crippen LogP contribution in [0.15, 0.2) is 0 Å². The molecule has 78 valence electrons. The predicted octanol–water partition coefficient (Wildman–Crippen LogP) is 3.02. The molecule has 13 heavy (non-hydrogen) atoms. The van der Waals surface area contributed by atoms with E-state index in [-0.39, 0.29) is 15.9 Å². The maximum atomic E-state index is 11.0. The summed E-state index contributed by atoms with van der Waals surface area (Å²) in [6.45, 7) is 10.2. The first kappa shape index (κ1) is 12.8. The molecule has 0 aromatic rings. The highest BCUT2D eigenvalue weighted by atomic mass is 32.2. The molecule has 0 fully saturated rings. The van der Waals surface area contributed by atoms with Crippen LogP contribution in [0.3, 0.4) is 0 Å². The van der Waals surface area contributed by atoms with Crippen molar-refractivity contribution in [1.29, 1.82) is 0 Å². The van der Waals surface area contributed by atoms with E-state index in [9.17, 15) is 4.79 Å². The van der Waals surface area contributed by atoms with Crippen molar-refractivity contribution in [3.63, 3.8) is 0 Å². The van der Waals surface area contributed by atoms with E-state index >= 15 is 0 Å². The molecular weight excluding hydrogens is 184 g/mol. The van der Waals surface area contributed by atoms with E-state index in [2.05, 4.69) is 20.8 Å². The molecule has 0 aliphatic heterocycles. The summed E-state index contributed by atoms with van der Waals surface area (Å²) in [7, 11) is 0. The van der Waals surface area contributed by atoms with Crippen molar-refractivity contribution in [2.24, 2.45) is 5.92 Å². The second-order valence-electron chi connectivity index (χ2n) is 4.37. The van der Waals surface area contributed by atoms with Crippen molar-refractivity contribution in [2.45, 2.75) is 51.0 Å². The number of aliphatic carboxylic acids is 1. The minimum Gasteiger partial charge on any atom is -0.480 e. The number of rotatable bonds is 4. The fourth-order valence-corrected chi connectivity index (χ4v) is 2.29. The van der Waals surface area contributed by atoms with Crippen LogP contribution in [0.5, 0.6) is 0 Å². The van der Waals surface area contributed by atoms with Gasteiger partial charge < -0.3 is 5.11 Å². The van der Waals surface area contributed by atoms with Gasteiger partial charge in [0.15, 0.2) is 0 Å². The standard InChI is InChI=1S/C10H20O2S/c1-6-7(2)8(9(11)12)13-10(3,4)5/h7-8H,6H2,1-5H3,(H,11,12)/t7?,8-/m0/s1. The molecule has 1 N–H and O–H groups in total. The zero-order chi connectivity index (χ0) is 10.6. The van der Waals surface area contributed by atoms with Crippen molar-refractivity contribution >= 4 is 17.7 Å². The lowest BCUT2D eigenvalue weighted by Gasteiger charge is -2.26. The molecule has 0 aromatic heterocycles. The first-order valence-corrected chi connectivity index (χ1v) is 5.56. The summed E-state index contributed by atoms with van der Waals surface area (Å²) in [5.74, 6) is -0.448. The number of carbonyl (C=O) groups is 1. The zero-order valence-corrected chi connectivity index (χ0v) is 9.94.